The molecule has 124 valence electrons. The zero-order valence-corrected chi connectivity index (χ0v) is 13.6. The van der Waals surface area contributed by atoms with Crippen molar-refractivity contribution < 1.29 is 24.1 Å². The summed E-state index contributed by atoms with van der Waals surface area (Å²) in [7, 11) is 4.78. The maximum absolute atomic E-state index is 11.3. The molecule has 2 aliphatic carbocycles. The van der Waals surface area contributed by atoms with Gasteiger partial charge in [0.1, 0.15) is 0 Å². The number of hydrogen-bond donors (Lipinski definition) is 1. The van der Waals surface area contributed by atoms with Crippen LogP contribution in [0.25, 0.3) is 0 Å². The van der Waals surface area contributed by atoms with Crippen molar-refractivity contribution in [3.63, 3.8) is 0 Å². The second-order valence-corrected chi connectivity index (χ2v) is 6.16. The van der Waals surface area contributed by atoms with Gasteiger partial charge in [0.25, 0.3) is 0 Å². The third-order valence-electron chi connectivity index (χ3n) is 5.13. The Morgan fingerprint density at radius 2 is 1.78 bits per heavy atom. The van der Waals surface area contributed by atoms with Gasteiger partial charge >= 0.3 is 5.97 Å². The van der Waals surface area contributed by atoms with E-state index in [0.29, 0.717) is 29.1 Å². The Morgan fingerprint density at radius 1 is 1.09 bits per heavy atom. The van der Waals surface area contributed by atoms with Gasteiger partial charge in [-0.2, -0.15) is 0 Å². The Hall–Kier alpha value is -2.17. The van der Waals surface area contributed by atoms with Gasteiger partial charge < -0.3 is 19.3 Å². The first-order chi connectivity index (χ1) is 11.1. The topological polar surface area (TPSA) is 65.0 Å². The van der Waals surface area contributed by atoms with Crippen molar-refractivity contribution in [2.24, 2.45) is 17.8 Å². The maximum atomic E-state index is 11.3. The normalized spacial score (nSPS) is 28.0. The summed E-state index contributed by atoms with van der Waals surface area (Å²) in [4.78, 5) is 11.3. The van der Waals surface area contributed by atoms with Crippen LogP contribution in [-0.2, 0) is 4.79 Å². The summed E-state index contributed by atoms with van der Waals surface area (Å²) in [6, 6.07) is 3.85. The molecule has 0 radical (unpaired) electrons. The van der Waals surface area contributed by atoms with E-state index in [-0.39, 0.29) is 18.3 Å². The number of hydrogen-bond acceptors (Lipinski definition) is 4. The molecule has 23 heavy (non-hydrogen) atoms. The third-order valence-corrected chi connectivity index (χ3v) is 5.13. The highest BCUT2D eigenvalue weighted by Gasteiger charge is 2.47. The summed E-state index contributed by atoms with van der Waals surface area (Å²) in [6.45, 7) is 0. The molecule has 1 saturated carbocycles. The van der Waals surface area contributed by atoms with Gasteiger partial charge in [0, 0.05) is 12.0 Å². The van der Waals surface area contributed by atoms with Crippen LogP contribution in [0.15, 0.2) is 24.3 Å². The molecule has 0 spiro atoms. The van der Waals surface area contributed by atoms with Crippen molar-refractivity contribution in [2.45, 2.75) is 18.8 Å². The van der Waals surface area contributed by atoms with Crippen LogP contribution in [0, 0.1) is 17.8 Å². The number of carbonyl (C=O) groups is 1. The zero-order chi connectivity index (χ0) is 16.6. The SMILES string of the molecule is COc1ccc(C2C3C=CC(C3)C2CC(=O)O)c(OC)c1OC. The van der Waals surface area contributed by atoms with Crippen molar-refractivity contribution in [3.8, 4) is 17.2 Å². The van der Waals surface area contributed by atoms with E-state index in [1.807, 2.05) is 12.1 Å². The van der Waals surface area contributed by atoms with Crippen LogP contribution in [0.5, 0.6) is 17.2 Å². The number of carboxylic acids is 1. The minimum Gasteiger partial charge on any atom is -0.493 e. The standard InChI is InChI=1S/C18H22O5/c1-21-14-7-6-12(17(22-2)18(14)23-3)16-11-5-4-10(8-11)13(16)9-15(19)20/h4-7,10-11,13,16H,8-9H2,1-3H3,(H,19,20). The van der Waals surface area contributed by atoms with Gasteiger partial charge in [-0.3, -0.25) is 4.79 Å². The van der Waals surface area contributed by atoms with Crippen LogP contribution in [0.4, 0.5) is 0 Å². The highest BCUT2D eigenvalue weighted by atomic mass is 16.5. The summed E-state index contributed by atoms with van der Waals surface area (Å²) in [5.74, 6) is 1.99. The zero-order valence-electron chi connectivity index (χ0n) is 13.6. The predicted octanol–water partition coefficient (Wildman–Crippen LogP) is 3.09. The Balaban J connectivity index is 2.06. The average molecular weight is 318 g/mol. The number of ether oxygens (including phenoxy) is 3. The second-order valence-electron chi connectivity index (χ2n) is 6.16. The first-order valence-electron chi connectivity index (χ1n) is 7.79. The molecule has 5 heteroatoms. The fourth-order valence-corrected chi connectivity index (χ4v) is 4.25. The van der Waals surface area contributed by atoms with E-state index in [1.54, 1.807) is 21.3 Å². The molecule has 2 bridgehead atoms. The van der Waals surface area contributed by atoms with Crippen LogP contribution in [0.1, 0.15) is 24.3 Å². The summed E-state index contributed by atoms with van der Waals surface area (Å²) in [5, 5.41) is 9.28. The Morgan fingerprint density at radius 3 is 2.39 bits per heavy atom. The fourth-order valence-electron chi connectivity index (χ4n) is 4.25. The highest BCUT2D eigenvalue weighted by Crippen LogP contribution is 2.57. The molecule has 0 saturated heterocycles. The van der Waals surface area contributed by atoms with Crippen molar-refractivity contribution in [3.05, 3.63) is 29.8 Å². The Bertz CT molecular complexity index is 637. The smallest absolute Gasteiger partial charge is 0.303 e. The van der Waals surface area contributed by atoms with E-state index in [0.717, 1.165) is 12.0 Å². The summed E-state index contributed by atoms with van der Waals surface area (Å²) < 4.78 is 16.4. The molecule has 1 N–H and O–H groups in total. The van der Waals surface area contributed by atoms with Crippen molar-refractivity contribution >= 4 is 5.97 Å². The van der Waals surface area contributed by atoms with Gasteiger partial charge in [0.05, 0.1) is 21.3 Å². The second kappa shape index (κ2) is 6.14. The van der Waals surface area contributed by atoms with E-state index in [2.05, 4.69) is 12.2 Å². The molecule has 3 rings (SSSR count). The lowest BCUT2D eigenvalue weighted by atomic mass is 9.76. The average Bonchev–Trinajstić information content (AvgIpc) is 3.14. The first kappa shape index (κ1) is 15.7. The third kappa shape index (κ3) is 2.54. The van der Waals surface area contributed by atoms with Gasteiger partial charge in [-0.25, -0.2) is 0 Å². The van der Waals surface area contributed by atoms with E-state index >= 15 is 0 Å². The number of fused-ring (bicyclic) bond motifs is 2. The van der Waals surface area contributed by atoms with Crippen LogP contribution in [0.2, 0.25) is 0 Å². The number of aliphatic carboxylic acids is 1. The van der Waals surface area contributed by atoms with Gasteiger partial charge in [-0.05, 0) is 36.2 Å². The number of carboxylic acid groups (broad SMARTS) is 1. The lowest BCUT2D eigenvalue weighted by Crippen LogP contribution is -2.21. The van der Waals surface area contributed by atoms with E-state index in [1.165, 1.54) is 0 Å². The monoisotopic (exact) mass is 318 g/mol. The molecular weight excluding hydrogens is 296 g/mol. The van der Waals surface area contributed by atoms with E-state index < -0.39 is 5.97 Å². The molecule has 1 aromatic carbocycles. The molecular formula is C18H22O5. The lowest BCUT2D eigenvalue weighted by molar-refractivity contribution is -0.138. The van der Waals surface area contributed by atoms with Crippen molar-refractivity contribution in [2.75, 3.05) is 21.3 Å². The fraction of sp³-hybridized carbons (Fsp3) is 0.500. The molecule has 1 aromatic rings. The number of benzene rings is 1. The Labute approximate surface area is 135 Å². The predicted molar refractivity (Wildman–Crippen MR) is 85.3 cm³/mol. The van der Waals surface area contributed by atoms with Gasteiger partial charge in [0.15, 0.2) is 11.5 Å². The van der Waals surface area contributed by atoms with Gasteiger partial charge in [-0.15, -0.1) is 0 Å². The van der Waals surface area contributed by atoms with E-state index in [4.69, 9.17) is 14.2 Å². The molecule has 0 amide bonds. The molecule has 5 nitrogen and oxygen atoms in total. The summed E-state index contributed by atoms with van der Waals surface area (Å²) in [6.07, 6.45) is 5.57. The van der Waals surface area contributed by atoms with Gasteiger partial charge in [0.2, 0.25) is 5.75 Å². The summed E-state index contributed by atoms with van der Waals surface area (Å²) in [5.41, 5.74) is 1.01. The minimum atomic E-state index is -0.750. The number of allylic oxidation sites excluding steroid dienone is 2. The summed E-state index contributed by atoms with van der Waals surface area (Å²) >= 11 is 0. The van der Waals surface area contributed by atoms with Crippen LogP contribution < -0.4 is 14.2 Å². The molecule has 2 aliphatic rings. The quantitative estimate of drug-likeness (QED) is 0.817. The highest BCUT2D eigenvalue weighted by molar-refractivity contribution is 5.68. The van der Waals surface area contributed by atoms with Crippen LogP contribution in [-0.4, -0.2) is 32.4 Å². The minimum absolute atomic E-state index is 0.0921. The number of rotatable bonds is 6. The molecule has 0 aliphatic heterocycles. The van der Waals surface area contributed by atoms with Crippen LogP contribution >= 0.6 is 0 Å². The first-order valence-corrected chi connectivity index (χ1v) is 7.79. The molecule has 0 aromatic heterocycles. The van der Waals surface area contributed by atoms with Crippen molar-refractivity contribution in [1.82, 2.24) is 0 Å². The Kier molecular flexibility index (Phi) is 4.20. The van der Waals surface area contributed by atoms with E-state index in [9.17, 15) is 9.90 Å². The van der Waals surface area contributed by atoms with Crippen molar-refractivity contribution in [1.29, 1.82) is 0 Å². The maximum Gasteiger partial charge on any atom is 0.303 e. The molecule has 0 heterocycles. The largest absolute Gasteiger partial charge is 0.493 e. The van der Waals surface area contributed by atoms with Gasteiger partial charge in [-0.1, -0.05) is 18.2 Å². The molecule has 1 fully saturated rings. The molecule has 4 atom stereocenters. The number of methoxy groups -OCH3 is 3. The lowest BCUT2D eigenvalue weighted by Gasteiger charge is -2.29. The molecule has 4 unspecified atom stereocenters. The van der Waals surface area contributed by atoms with Crippen LogP contribution in [0.3, 0.4) is 0 Å².